The van der Waals surface area contributed by atoms with Crippen LogP contribution in [0.2, 0.25) is 0 Å². The van der Waals surface area contributed by atoms with Gasteiger partial charge in [-0.1, -0.05) is 0 Å². The van der Waals surface area contributed by atoms with Crippen LogP contribution in [-0.2, 0) is 22.5 Å². The summed E-state index contributed by atoms with van der Waals surface area (Å²) in [5, 5.41) is 14.4. The summed E-state index contributed by atoms with van der Waals surface area (Å²) in [6, 6.07) is 0.839. The molecule has 2 amide bonds. The second-order valence-electron chi connectivity index (χ2n) is 14.4. The van der Waals surface area contributed by atoms with E-state index in [4.69, 9.17) is 19.8 Å². The van der Waals surface area contributed by atoms with Crippen molar-refractivity contribution in [1.82, 2.24) is 40.0 Å². The minimum Gasteiger partial charge on any atom is -0.381 e. The van der Waals surface area contributed by atoms with Crippen molar-refractivity contribution in [3.8, 4) is 0 Å². The Labute approximate surface area is 285 Å². The summed E-state index contributed by atoms with van der Waals surface area (Å²) in [5.74, 6) is -6.00. The number of aryl methyl sites for hydroxylation is 1. The van der Waals surface area contributed by atoms with Crippen LogP contribution in [0.5, 0.6) is 0 Å². The second-order valence-corrected chi connectivity index (χ2v) is 14.4. The Kier molecular flexibility index (Phi) is 9.22. The molecule has 3 atom stereocenters. The summed E-state index contributed by atoms with van der Waals surface area (Å²) in [7, 11) is 0. The third-order valence-corrected chi connectivity index (χ3v) is 11.1. The van der Waals surface area contributed by atoms with Gasteiger partial charge in [-0.15, -0.1) is 0 Å². The summed E-state index contributed by atoms with van der Waals surface area (Å²) in [6.07, 6.45) is 0.547. The van der Waals surface area contributed by atoms with Crippen LogP contribution in [-0.4, -0.2) is 86.1 Å². The lowest BCUT2D eigenvalue weighted by atomic mass is 9.80. The molecule has 1 spiro atoms. The molecule has 0 aromatic carbocycles. The van der Waals surface area contributed by atoms with Crippen LogP contribution in [0.15, 0.2) is 18.5 Å². The standard InChI is InChI=1S/C33H42F5N9O3/c1-2-46-25(5-11-40-46)29(49)42-26(20-3-6-32(34,35)7-4-20)24-18-47-30(41-24)43-27(45-12-8-31(19-45)9-13-50-14-10-31)23(44-47)16-21-15-22(33(36,37)38)17-39-28(21)48/h5,11,18,20-22,26H,2-4,6-10,12-17,19H2,1H3,(H,39,48)(H,42,49)/t21-,22-,26+/m1/s1. The summed E-state index contributed by atoms with van der Waals surface area (Å²) in [6.45, 7) is 4.44. The first-order chi connectivity index (χ1) is 23.8. The lowest BCUT2D eigenvalue weighted by Gasteiger charge is -2.33. The number of nitrogens with zero attached hydrogens (tertiary/aromatic N) is 7. The number of rotatable bonds is 8. The van der Waals surface area contributed by atoms with Crippen molar-refractivity contribution in [3.63, 3.8) is 0 Å². The minimum atomic E-state index is -4.45. The van der Waals surface area contributed by atoms with Crippen molar-refractivity contribution < 1.29 is 36.3 Å². The number of piperidine rings is 1. The average Bonchev–Trinajstić information content (AvgIpc) is 3.83. The van der Waals surface area contributed by atoms with Gasteiger partial charge in [-0.2, -0.15) is 28.4 Å². The Morgan fingerprint density at radius 3 is 2.62 bits per heavy atom. The van der Waals surface area contributed by atoms with E-state index in [-0.39, 0.29) is 55.6 Å². The van der Waals surface area contributed by atoms with Crippen LogP contribution in [0.3, 0.4) is 0 Å². The fourth-order valence-electron chi connectivity index (χ4n) is 8.11. The molecular formula is C33H42F5N9O3. The molecular weight excluding hydrogens is 665 g/mol. The molecule has 272 valence electrons. The zero-order chi connectivity index (χ0) is 35.3. The van der Waals surface area contributed by atoms with Gasteiger partial charge in [-0.05, 0) is 62.8 Å². The van der Waals surface area contributed by atoms with E-state index in [1.807, 2.05) is 6.92 Å². The quantitative estimate of drug-likeness (QED) is 0.328. The minimum absolute atomic E-state index is 0.0108. The average molecular weight is 708 g/mol. The molecule has 1 saturated carbocycles. The third-order valence-electron chi connectivity index (χ3n) is 11.1. The zero-order valence-corrected chi connectivity index (χ0v) is 27.9. The van der Waals surface area contributed by atoms with Crippen LogP contribution in [0.25, 0.3) is 5.78 Å². The Balaban J connectivity index is 1.25. The van der Waals surface area contributed by atoms with Crippen molar-refractivity contribution in [2.45, 2.75) is 89.4 Å². The molecule has 17 heteroatoms. The van der Waals surface area contributed by atoms with Crippen molar-refractivity contribution in [2.24, 2.45) is 23.2 Å². The number of imidazole rings is 1. The maximum atomic E-state index is 14.2. The smallest absolute Gasteiger partial charge is 0.381 e. The molecule has 4 fully saturated rings. The fraction of sp³-hybridized carbons (Fsp3) is 0.697. The highest BCUT2D eigenvalue weighted by Crippen LogP contribution is 2.44. The van der Waals surface area contributed by atoms with E-state index in [9.17, 15) is 31.5 Å². The number of hydrogen-bond acceptors (Lipinski definition) is 8. The second kappa shape index (κ2) is 13.3. The molecule has 3 aromatic rings. The monoisotopic (exact) mass is 707 g/mol. The zero-order valence-electron chi connectivity index (χ0n) is 27.9. The molecule has 12 nitrogen and oxygen atoms in total. The van der Waals surface area contributed by atoms with E-state index in [1.165, 1.54) is 10.7 Å². The topological polar surface area (TPSA) is 132 Å². The van der Waals surface area contributed by atoms with Crippen molar-refractivity contribution >= 4 is 23.4 Å². The van der Waals surface area contributed by atoms with E-state index in [2.05, 4.69) is 20.6 Å². The molecule has 7 rings (SSSR count). The third kappa shape index (κ3) is 7.01. The van der Waals surface area contributed by atoms with Crippen LogP contribution < -0.4 is 15.5 Å². The number of nitrogens with one attached hydrogen (secondary N) is 2. The Hall–Kier alpha value is -3.89. The van der Waals surface area contributed by atoms with Crippen LogP contribution >= 0.6 is 0 Å². The number of ether oxygens (including phenoxy) is 1. The van der Waals surface area contributed by atoms with Crippen LogP contribution in [0.1, 0.15) is 86.2 Å². The van der Waals surface area contributed by atoms with E-state index >= 15 is 0 Å². The highest BCUT2D eigenvalue weighted by Gasteiger charge is 2.46. The fourth-order valence-corrected chi connectivity index (χ4v) is 8.11. The summed E-state index contributed by atoms with van der Waals surface area (Å²) >= 11 is 0. The van der Waals surface area contributed by atoms with Gasteiger partial charge in [0.2, 0.25) is 11.8 Å². The highest BCUT2D eigenvalue weighted by atomic mass is 19.4. The van der Waals surface area contributed by atoms with Crippen molar-refractivity contribution in [1.29, 1.82) is 0 Å². The first-order valence-corrected chi connectivity index (χ1v) is 17.5. The summed E-state index contributed by atoms with van der Waals surface area (Å²) < 4.78 is 78.2. The Morgan fingerprint density at radius 2 is 1.90 bits per heavy atom. The number of anilines is 1. The first-order valence-electron chi connectivity index (χ1n) is 17.5. The number of amides is 2. The van der Waals surface area contributed by atoms with E-state index in [0.717, 1.165) is 19.3 Å². The van der Waals surface area contributed by atoms with Gasteiger partial charge in [0.05, 0.1) is 23.9 Å². The van der Waals surface area contributed by atoms with Crippen molar-refractivity contribution in [2.75, 3.05) is 37.7 Å². The Morgan fingerprint density at radius 1 is 1.14 bits per heavy atom. The van der Waals surface area contributed by atoms with Gasteiger partial charge in [0, 0.05) is 70.8 Å². The lowest BCUT2D eigenvalue weighted by molar-refractivity contribution is -0.183. The van der Waals surface area contributed by atoms with Gasteiger partial charge in [0.25, 0.3) is 11.7 Å². The van der Waals surface area contributed by atoms with Gasteiger partial charge >= 0.3 is 6.18 Å². The van der Waals surface area contributed by atoms with E-state index in [0.29, 0.717) is 55.7 Å². The molecule has 3 aromatic heterocycles. The van der Waals surface area contributed by atoms with Crippen LogP contribution in [0, 0.1) is 23.2 Å². The predicted molar refractivity (Wildman–Crippen MR) is 169 cm³/mol. The molecule has 2 N–H and O–H groups in total. The largest absolute Gasteiger partial charge is 0.393 e. The maximum Gasteiger partial charge on any atom is 0.393 e. The molecule has 50 heavy (non-hydrogen) atoms. The number of carbonyl (C=O) groups excluding carboxylic acids is 2. The summed E-state index contributed by atoms with van der Waals surface area (Å²) in [4.78, 5) is 38.2. The molecule has 0 radical (unpaired) electrons. The molecule has 1 aliphatic carbocycles. The van der Waals surface area contributed by atoms with Gasteiger partial charge in [-0.3, -0.25) is 14.3 Å². The number of hydrogen-bond donors (Lipinski definition) is 2. The molecule has 0 unspecified atom stereocenters. The van der Waals surface area contributed by atoms with E-state index in [1.54, 1.807) is 16.9 Å². The normalized spacial score (nSPS) is 24.8. The number of alkyl halides is 5. The summed E-state index contributed by atoms with van der Waals surface area (Å²) in [5.41, 5.74) is 1.09. The highest BCUT2D eigenvalue weighted by molar-refractivity contribution is 5.92. The van der Waals surface area contributed by atoms with Gasteiger partial charge < -0.3 is 20.3 Å². The van der Waals surface area contributed by atoms with Crippen molar-refractivity contribution in [3.05, 3.63) is 35.5 Å². The number of fused-ring (bicyclic) bond motifs is 1. The number of aromatic nitrogens is 6. The molecule has 6 heterocycles. The predicted octanol–water partition coefficient (Wildman–Crippen LogP) is 4.50. The SMILES string of the molecule is CCn1nccc1C(=O)N[C@H](c1cn2nc(C[C@H]3C[C@@H](C(F)(F)F)CNC3=O)c(N3CCC4(CCOCC4)C3)nc2n1)C1CCC(F)(F)CC1. The van der Waals surface area contributed by atoms with Gasteiger partial charge in [0.1, 0.15) is 11.4 Å². The maximum absolute atomic E-state index is 14.2. The lowest BCUT2D eigenvalue weighted by Crippen LogP contribution is -2.47. The van der Waals surface area contributed by atoms with Gasteiger partial charge in [-0.25, -0.2) is 18.3 Å². The molecule has 4 aliphatic rings. The van der Waals surface area contributed by atoms with Crippen LogP contribution in [0.4, 0.5) is 27.8 Å². The number of carbonyl (C=O) groups is 2. The van der Waals surface area contributed by atoms with Gasteiger partial charge in [0.15, 0.2) is 5.82 Å². The number of halogens is 5. The van der Waals surface area contributed by atoms with E-state index < -0.39 is 48.3 Å². The molecule has 3 saturated heterocycles. The first kappa shape index (κ1) is 34.6. The molecule has 3 aliphatic heterocycles. The molecule has 0 bridgehead atoms. The Bertz CT molecular complexity index is 1710.